The van der Waals surface area contributed by atoms with E-state index in [0.717, 1.165) is 0 Å². The Balaban J connectivity index is 2.93. The average Bonchev–Trinajstić information content (AvgIpc) is 1.81. The second-order valence-electron chi connectivity index (χ2n) is 3.12. The number of ketones is 2. The lowest BCUT2D eigenvalue weighted by Crippen LogP contribution is -2.27. The van der Waals surface area contributed by atoms with E-state index in [0.29, 0.717) is 0 Å². The summed E-state index contributed by atoms with van der Waals surface area (Å²) in [5.74, 6) is -0.0654. The van der Waals surface area contributed by atoms with Crippen LogP contribution in [0.2, 0.25) is 0 Å². The molecule has 1 aliphatic rings. The van der Waals surface area contributed by atoms with Crippen LogP contribution >= 0.6 is 0 Å². The highest BCUT2D eigenvalue weighted by atomic mass is 16.1. The maximum atomic E-state index is 11.1. The zero-order valence-electron chi connectivity index (χ0n) is 6.18. The van der Waals surface area contributed by atoms with E-state index in [1.54, 1.807) is 6.08 Å². The fraction of sp³-hybridized carbons (Fsp3) is 0.500. The van der Waals surface area contributed by atoms with Gasteiger partial charge in [0.05, 0.1) is 6.42 Å². The van der Waals surface area contributed by atoms with Gasteiger partial charge in [-0.2, -0.15) is 0 Å². The van der Waals surface area contributed by atoms with Crippen molar-refractivity contribution in [3.63, 3.8) is 0 Å². The van der Waals surface area contributed by atoms with Crippen LogP contribution in [0.3, 0.4) is 0 Å². The summed E-state index contributed by atoms with van der Waals surface area (Å²) in [7, 11) is 0. The van der Waals surface area contributed by atoms with E-state index >= 15 is 0 Å². The monoisotopic (exact) mass is 138 g/mol. The second kappa shape index (κ2) is 2.04. The van der Waals surface area contributed by atoms with Gasteiger partial charge in [-0.1, -0.05) is 6.08 Å². The van der Waals surface area contributed by atoms with Crippen LogP contribution in [-0.2, 0) is 9.59 Å². The summed E-state index contributed by atoms with van der Waals surface area (Å²) in [4.78, 5) is 21.7. The van der Waals surface area contributed by atoms with Gasteiger partial charge >= 0.3 is 0 Å². The number of hydrogen-bond acceptors (Lipinski definition) is 2. The molecule has 0 radical (unpaired) electrons. The van der Waals surface area contributed by atoms with E-state index in [1.807, 2.05) is 13.8 Å². The molecule has 0 aromatic rings. The van der Waals surface area contributed by atoms with E-state index < -0.39 is 5.41 Å². The lowest BCUT2D eigenvalue weighted by molar-refractivity contribution is -0.130. The number of carbonyl (C=O) groups excluding carboxylic acids is 2. The van der Waals surface area contributed by atoms with Crippen LogP contribution in [-0.4, -0.2) is 11.6 Å². The molecular formula is C8H10O2. The van der Waals surface area contributed by atoms with Crippen LogP contribution in [0.4, 0.5) is 0 Å². The van der Waals surface area contributed by atoms with Crippen molar-refractivity contribution in [1.29, 1.82) is 0 Å². The van der Waals surface area contributed by atoms with Crippen molar-refractivity contribution >= 4 is 11.6 Å². The molecule has 0 bridgehead atoms. The highest BCUT2D eigenvalue weighted by Crippen LogP contribution is 2.23. The normalized spacial score (nSPS) is 23.4. The number of hydrogen-bond donors (Lipinski definition) is 0. The van der Waals surface area contributed by atoms with Gasteiger partial charge in [0.25, 0.3) is 0 Å². The molecule has 10 heavy (non-hydrogen) atoms. The molecule has 0 unspecified atom stereocenters. The molecular weight excluding hydrogens is 128 g/mol. The third-order valence-electron chi connectivity index (χ3n) is 1.74. The molecule has 0 aliphatic heterocycles. The summed E-state index contributed by atoms with van der Waals surface area (Å²) in [5.41, 5.74) is -0.423. The summed E-state index contributed by atoms with van der Waals surface area (Å²) in [6.45, 7) is 3.64. The van der Waals surface area contributed by atoms with Crippen molar-refractivity contribution in [3.8, 4) is 0 Å². The minimum atomic E-state index is -0.423. The first-order valence-electron chi connectivity index (χ1n) is 3.28. The maximum Gasteiger partial charge on any atom is 0.162 e. The van der Waals surface area contributed by atoms with Crippen molar-refractivity contribution in [2.24, 2.45) is 5.41 Å². The van der Waals surface area contributed by atoms with Gasteiger partial charge in [-0.15, -0.1) is 0 Å². The smallest absolute Gasteiger partial charge is 0.162 e. The Hall–Kier alpha value is -0.920. The van der Waals surface area contributed by atoms with Crippen LogP contribution < -0.4 is 0 Å². The third-order valence-corrected chi connectivity index (χ3v) is 1.74. The third kappa shape index (κ3) is 1.15. The molecule has 54 valence electrons. The summed E-state index contributed by atoms with van der Waals surface area (Å²) in [6.07, 6.45) is 3.23. The SMILES string of the molecule is CC1(C)C=CC(=O)CC1=O. The number of allylic oxidation sites excluding steroid dienone is 2. The predicted octanol–water partition coefficient (Wildman–Crippen LogP) is 1.11. The van der Waals surface area contributed by atoms with Gasteiger partial charge in [0.1, 0.15) is 5.78 Å². The first-order valence-corrected chi connectivity index (χ1v) is 3.28. The second-order valence-corrected chi connectivity index (χ2v) is 3.12. The van der Waals surface area contributed by atoms with Crippen LogP contribution in [0.1, 0.15) is 20.3 Å². The van der Waals surface area contributed by atoms with Crippen molar-refractivity contribution in [1.82, 2.24) is 0 Å². The maximum absolute atomic E-state index is 11.1. The van der Waals surface area contributed by atoms with Gasteiger partial charge in [0, 0.05) is 5.41 Å². The Labute approximate surface area is 59.9 Å². The fourth-order valence-corrected chi connectivity index (χ4v) is 0.839. The molecule has 0 heterocycles. The standard InChI is InChI=1S/C8H10O2/c1-8(2)4-3-6(9)5-7(8)10/h3-4H,5H2,1-2H3. The molecule has 0 saturated carbocycles. The van der Waals surface area contributed by atoms with Gasteiger partial charge < -0.3 is 0 Å². The molecule has 0 amide bonds. The van der Waals surface area contributed by atoms with Crippen LogP contribution in [0, 0.1) is 5.41 Å². The molecule has 2 nitrogen and oxygen atoms in total. The summed E-state index contributed by atoms with van der Waals surface area (Å²) in [6, 6.07) is 0. The molecule has 0 atom stereocenters. The largest absolute Gasteiger partial charge is 0.298 e. The Bertz CT molecular complexity index is 211. The number of rotatable bonds is 0. The lowest BCUT2D eigenvalue weighted by atomic mass is 9.81. The van der Waals surface area contributed by atoms with Crippen molar-refractivity contribution < 1.29 is 9.59 Å². The Kier molecular flexibility index (Phi) is 1.47. The van der Waals surface area contributed by atoms with Gasteiger partial charge in [-0.05, 0) is 19.9 Å². The Morgan fingerprint density at radius 3 is 2.40 bits per heavy atom. The van der Waals surface area contributed by atoms with Crippen molar-refractivity contribution in [2.75, 3.05) is 0 Å². The number of Topliss-reactive ketones (excluding diaryl/α,β-unsaturated/α-hetero) is 1. The minimum absolute atomic E-state index is 0.0139. The van der Waals surface area contributed by atoms with Gasteiger partial charge in [0.2, 0.25) is 0 Å². The summed E-state index contributed by atoms with van der Waals surface area (Å²) in [5, 5.41) is 0. The van der Waals surface area contributed by atoms with E-state index in [2.05, 4.69) is 0 Å². The van der Waals surface area contributed by atoms with Crippen molar-refractivity contribution in [3.05, 3.63) is 12.2 Å². The molecule has 0 fully saturated rings. The van der Waals surface area contributed by atoms with Crippen molar-refractivity contribution in [2.45, 2.75) is 20.3 Å². The van der Waals surface area contributed by atoms with E-state index in [9.17, 15) is 9.59 Å². The predicted molar refractivity (Wildman–Crippen MR) is 37.6 cm³/mol. The van der Waals surface area contributed by atoms with E-state index in [4.69, 9.17) is 0 Å². The topological polar surface area (TPSA) is 34.1 Å². The van der Waals surface area contributed by atoms with Gasteiger partial charge in [0.15, 0.2) is 5.78 Å². The minimum Gasteiger partial charge on any atom is -0.298 e. The Morgan fingerprint density at radius 1 is 1.40 bits per heavy atom. The molecule has 0 aromatic carbocycles. The van der Waals surface area contributed by atoms with Crippen LogP contribution in [0.25, 0.3) is 0 Å². The molecule has 1 aliphatic carbocycles. The summed E-state index contributed by atoms with van der Waals surface area (Å²) >= 11 is 0. The zero-order chi connectivity index (χ0) is 7.78. The molecule has 2 heteroatoms. The van der Waals surface area contributed by atoms with Crippen LogP contribution in [0.15, 0.2) is 12.2 Å². The van der Waals surface area contributed by atoms with Gasteiger partial charge in [-0.3, -0.25) is 9.59 Å². The quantitative estimate of drug-likeness (QED) is 0.470. The highest BCUT2D eigenvalue weighted by Gasteiger charge is 2.28. The molecule has 1 rings (SSSR count). The zero-order valence-corrected chi connectivity index (χ0v) is 6.18. The highest BCUT2D eigenvalue weighted by molar-refractivity contribution is 6.09. The van der Waals surface area contributed by atoms with Crippen LogP contribution in [0.5, 0.6) is 0 Å². The Morgan fingerprint density at radius 2 is 2.00 bits per heavy atom. The van der Waals surface area contributed by atoms with Gasteiger partial charge in [-0.25, -0.2) is 0 Å². The molecule has 0 N–H and O–H groups in total. The molecule has 0 spiro atoms. The molecule has 0 saturated heterocycles. The van der Waals surface area contributed by atoms with E-state index in [1.165, 1.54) is 6.08 Å². The lowest BCUT2D eigenvalue weighted by Gasteiger charge is -2.20. The number of carbonyl (C=O) groups is 2. The average molecular weight is 138 g/mol. The molecule has 0 aromatic heterocycles. The first-order chi connectivity index (χ1) is 4.52. The summed E-state index contributed by atoms with van der Waals surface area (Å²) < 4.78 is 0. The fourth-order valence-electron chi connectivity index (χ4n) is 0.839. The van der Waals surface area contributed by atoms with E-state index in [-0.39, 0.29) is 18.0 Å². The first kappa shape index (κ1) is 7.19.